The van der Waals surface area contributed by atoms with E-state index in [0.717, 1.165) is 59.4 Å². The fourth-order valence-corrected chi connectivity index (χ4v) is 5.89. The Balaban J connectivity index is 1.59. The summed E-state index contributed by atoms with van der Waals surface area (Å²) in [6.45, 7) is 14.2. The van der Waals surface area contributed by atoms with Crippen LogP contribution in [0.15, 0.2) is 30.3 Å². The first-order valence-corrected chi connectivity index (χ1v) is 15.1. The van der Waals surface area contributed by atoms with Gasteiger partial charge in [-0.3, -0.25) is 4.79 Å². The van der Waals surface area contributed by atoms with Gasteiger partial charge in [-0.2, -0.15) is 0 Å². The van der Waals surface area contributed by atoms with Gasteiger partial charge >= 0.3 is 5.97 Å². The van der Waals surface area contributed by atoms with E-state index >= 15 is 0 Å². The molecule has 0 radical (unpaired) electrons. The Kier molecular flexibility index (Phi) is 8.81. The molecule has 0 saturated carbocycles. The van der Waals surface area contributed by atoms with Gasteiger partial charge in [0.15, 0.2) is 5.79 Å². The normalized spacial score (nSPS) is 20.4. The number of pyridine rings is 1. The lowest BCUT2D eigenvalue weighted by molar-refractivity contribution is -0.290. The van der Waals surface area contributed by atoms with Crippen molar-refractivity contribution in [3.8, 4) is 22.6 Å². The topological polar surface area (TPSA) is 101 Å². The van der Waals surface area contributed by atoms with E-state index in [1.807, 2.05) is 57.5 Å². The average molecular weight is 592 g/mol. The molecule has 0 N–H and O–H groups in total. The zero-order valence-electron chi connectivity index (χ0n) is 26.2. The van der Waals surface area contributed by atoms with Crippen LogP contribution >= 0.6 is 0 Å². The minimum atomic E-state index is -0.887. The van der Waals surface area contributed by atoms with Gasteiger partial charge in [0.25, 0.3) is 0 Å². The lowest BCUT2D eigenvalue weighted by Crippen LogP contribution is -2.45. The van der Waals surface area contributed by atoms with Crippen molar-refractivity contribution in [3.63, 3.8) is 0 Å². The maximum Gasteiger partial charge on any atom is 0.308 e. The molecule has 1 saturated heterocycles. The molecule has 9 nitrogen and oxygen atoms in total. The summed E-state index contributed by atoms with van der Waals surface area (Å²) in [4.78, 5) is 17.8. The molecule has 230 valence electrons. The number of nitrogens with zero attached hydrogens (tertiary/aromatic N) is 5. The van der Waals surface area contributed by atoms with Crippen molar-refractivity contribution in [1.29, 1.82) is 0 Å². The van der Waals surface area contributed by atoms with Crippen LogP contribution in [-0.4, -0.2) is 54.8 Å². The van der Waals surface area contributed by atoms with Gasteiger partial charge < -0.3 is 14.2 Å². The predicted octanol–water partition coefficient (Wildman–Crippen LogP) is 6.66. The predicted molar refractivity (Wildman–Crippen MR) is 161 cm³/mol. The Morgan fingerprint density at radius 3 is 2.63 bits per heavy atom. The highest BCUT2D eigenvalue weighted by Gasteiger charge is 2.36. The minimum Gasteiger partial charge on any atom is -0.460 e. The zero-order valence-corrected chi connectivity index (χ0v) is 26.2. The monoisotopic (exact) mass is 591 g/mol. The van der Waals surface area contributed by atoms with Crippen LogP contribution in [0.4, 0.5) is 4.39 Å². The quantitative estimate of drug-likeness (QED) is 0.294. The second-order valence-corrected chi connectivity index (χ2v) is 13.1. The number of rotatable bonds is 6. The van der Waals surface area contributed by atoms with Gasteiger partial charge in [0.2, 0.25) is 5.82 Å². The fraction of sp³-hybridized carbons (Fsp3) is 0.545. The number of hydrogen-bond acceptors (Lipinski definition) is 8. The molecule has 2 aromatic heterocycles. The van der Waals surface area contributed by atoms with Crippen molar-refractivity contribution >= 4 is 12.0 Å². The lowest BCUT2D eigenvalue weighted by atomic mass is 9.86. The van der Waals surface area contributed by atoms with Crippen LogP contribution < -0.4 is 0 Å². The summed E-state index contributed by atoms with van der Waals surface area (Å²) in [5.74, 6) is -0.755. The molecular weight excluding hydrogens is 549 g/mol. The Hall–Kier alpha value is -3.50. The van der Waals surface area contributed by atoms with Gasteiger partial charge in [-0.1, -0.05) is 38.1 Å². The van der Waals surface area contributed by atoms with E-state index in [0.29, 0.717) is 12.2 Å². The van der Waals surface area contributed by atoms with E-state index in [9.17, 15) is 9.18 Å². The minimum absolute atomic E-state index is 0.0749. The van der Waals surface area contributed by atoms with Crippen LogP contribution in [0.2, 0.25) is 0 Å². The number of esters is 1. The van der Waals surface area contributed by atoms with Crippen molar-refractivity contribution in [1.82, 2.24) is 25.2 Å². The number of carbonyl (C=O) groups excluding carboxylic acids is 1. The van der Waals surface area contributed by atoms with E-state index in [1.54, 1.807) is 0 Å². The molecule has 43 heavy (non-hydrogen) atoms. The Morgan fingerprint density at radius 2 is 1.93 bits per heavy atom. The number of hydrogen-bond donors (Lipinski definition) is 0. The van der Waals surface area contributed by atoms with E-state index in [4.69, 9.17) is 19.2 Å². The number of tetrazole rings is 1. The van der Waals surface area contributed by atoms with Crippen molar-refractivity contribution in [2.45, 2.75) is 117 Å². The maximum atomic E-state index is 14.1. The molecule has 4 heterocycles. The first kappa shape index (κ1) is 30.9. The molecule has 2 aliphatic heterocycles. The Labute approximate surface area is 252 Å². The largest absolute Gasteiger partial charge is 0.460 e. The molecular formula is C33H42FN5O4. The van der Waals surface area contributed by atoms with Gasteiger partial charge in [-0.15, -0.1) is 5.10 Å². The molecule has 2 aliphatic rings. The molecule has 3 aromatic rings. The van der Waals surface area contributed by atoms with Gasteiger partial charge in [-0.25, -0.2) is 14.1 Å². The third-order valence-electron chi connectivity index (χ3n) is 7.51. The average Bonchev–Trinajstić information content (AvgIpc) is 3.34. The third kappa shape index (κ3) is 7.36. The summed E-state index contributed by atoms with van der Waals surface area (Å²) in [6.07, 6.45) is 6.73. The highest BCUT2D eigenvalue weighted by Crippen LogP contribution is 2.40. The molecule has 1 fully saturated rings. The third-order valence-corrected chi connectivity index (χ3v) is 7.51. The summed E-state index contributed by atoms with van der Waals surface area (Å²) in [6, 6.07) is 6.62. The summed E-state index contributed by atoms with van der Waals surface area (Å²) < 4.78 is 33.9. The van der Waals surface area contributed by atoms with Crippen LogP contribution in [-0.2, 0) is 32.0 Å². The highest BCUT2D eigenvalue weighted by atomic mass is 19.1. The Bertz CT molecular complexity index is 1490. The number of aromatic nitrogens is 5. The number of halogens is 1. The van der Waals surface area contributed by atoms with Crippen LogP contribution in [0.25, 0.3) is 28.7 Å². The zero-order chi connectivity index (χ0) is 30.9. The molecule has 10 heteroatoms. The van der Waals surface area contributed by atoms with E-state index in [2.05, 4.69) is 35.4 Å². The second kappa shape index (κ2) is 12.2. The fourth-order valence-electron chi connectivity index (χ4n) is 5.89. The molecule has 0 unspecified atom stereocenters. The van der Waals surface area contributed by atoms with Gasteiger partial charge in [0, 0.05) is 18.5 Å². The number of ether oxygens (including phenoxy) is 3. The van der Waals surface area contributed by atoms with Gasteiger partial charge in [-0.05, 0) is 99.0 Å². The molecule has 0 aliphatic carbocycles. The van der Waals surface area contributed by atoms with Gasteiger partial charge in [0.05, 0.1) is 24.3 Å². The Morgan fingerprint density at radius 1 is 1.19 bits per heavy atom. The van der Waals surface area contributed by atoms with Crippen LogP contribution in [0, 0.1) is 5.82 Å². The van der Waals surface area contributed by atoms with Crippen LogP contribution in [0.3, 0.4) is 0 Å². The van der Waals surface area contributed by atoms with E-state index < -0.39 is 11.4 Å². The van der Waals surface area contributed by atoms with Crippen LogP contribution in [0.5, 0.6) is 0 Å². The lowest BCUT2D eigenvalue weighted by Gasteiger charge is -2.40. The summed E-state index contributed by atoms with van der Waals surface area (Å²) in [5.41, 5.74) is 4.99. The number of aryl methyl sites for hydroxylation is 1. The van der Waals surface area contributed by atoms with Crippen molar-refractivity contribution in [2.24, 2.45) is 0 Å². The summed E-state index contributed by atoms with van der Waals surface area (Å²) in [5, 5.41) is 12.5. The van der Waals surface area contributed by atoms with Crippen molar-refractivity contribution in [2.75, 3.05) is 0 Å². The molecule has 0 bridgehead atoms. The number of benzene rings is 1. The molecule has 2 atom stereocenters. The highest BCUT2D eigenvalue weighted by molar-refractivity contribution is 5.84. The number of fused-ring (bicyclic) bond motifs is 3. The molecule has 0 amide bonds. The maximum absolute atomic E-state index is 14.1. The number of carbonyl (C=O) groups is 1. The van der Waals surface area contributed by atoms with Crippen LogP contribution in [0.1, 0.15) is 96.9 Å². The van der Waals surface area contributed by atoms with E-state index in [-0.39, 0.29) is 36.3 Å². The summed E-state index contributed by atoms with van der Waals surface area (Å²) >= 11 is 0. The molecule has 0 spiro atoms. The first-order valence-electron chi connectivity index (χ1n) is 15.1. The first-order chi connectivity index (χ1) is 20.3. The van der Waals surface area contributed by atoms with Crippen molar-refractivity contribution < 1.29 is 23.4 Å². The SMILES string of the molecule is CC(C)c1nc2c(c(-c3ccc(F)cc3)c1/C=C/[C@@H]1C[C@H](CC(=O)OC(C)(C)C)OC(C)(C)O1)CCCCn1nnnc1-2. The van der Waals surface area contributed by atoms with E-state index in [1.165, 1.54) is 12.1 Å². The smallest absolute Gasteiger partial charge is 0.308 e. The molecule has 1 aromatic carbocycles. The van der Waals surface area contributed by atoms with Crippen molar-refractivity contribution in [3.05, 3.63) is 53.0 Å². The standard InChI is InChI=1S/C33H42FN5O4/c1-20(2)29-26(16-15-23-18-24(42-33(6,7)41-23)19-27(40)43-32(3,4)5)28(21-11-13-22(34)14-12-21)25-10-8-9-17-39-31(30(25)35-29)36-37-38-39/h11-16,20,23-24H,8-10,17-19H2,1-7H3/b16-15+/t23-,24-/m1/s1. The van der Waals surface area contributed by atoms with Gasteiger partial charge in [0.1, 0.15) is 17.1 Å². The summed E-state index contributed by atoms with van der Waals surface area (Å²) in [7, 11) is 0. The second-order valence-electron chi connectivity index (χ2n) is 13.1. The molecule has 5 rings (SSSR count).